The average Bonchev–Trinajstić information content (AvgIpc) is 2.60. The van der Waals surface area contributed by atoms with Gasteiger partial charge in [0.2, 0.25) is 0 Å². The third-order valence-corrected chi connectivity index (χ3v) is 4.55. The van der Waals surface area contributed by atoms with Crippen molar-refractivity contribution in [3.63, 3.8) is 0 Å². The molecule has 1 unspecified atom stereocenters. The van der Waals surface area contributed by atoms with Crippen LogP contribution in [0, 0.1) is 0 Å². The molecule has 6 heteroatoms. The maximum absolute atomic E-state index is 13.4. The van der Waals surface area contributed by atoms with E-state index in [0.29, 0.717) is 13.2 Å². The van der Waals surface area contributed by atoms with Crippen LogP contribution in [0.3, 0.4) is 0 Å². The second-order valence-corrected chi connectivity index (χ2v) is 6.73. The van der Waals surface area contributed by atoms with E-state index in [0.717, 1.165) is 35.9 Å². The molecule has 0 radical (unpaired) electrons. The molecule has 0 aromatic heterocycles. The lowest BCUT2D eigenvalue weighted by atomic mass is 9.87. The summed E-state index contributed by atoms with van der Waals surface area (Å²) in [5.41, 5.74) is 1.60. The van der Waals surface area contributed by atoms with Crippen LogP contribution in [0.4, 0.5) is 13.2 Å². The Morgan fingerprint density at radius 2 is 1.88 bits per heavy atom. The number of likely N-dealkylation sites (N-methyl/N-ethyl adjacent to an activating group) is 1. The van der Waals surface area contributed by atoms with Gasteiger partial charge in [-0.3, -0.25) is 0 Å². The minimum absolute atomic E-state index is 0.266. The standard InChI is InChI=1S/C20H23F3N2O/c1-25(2)11-12-26-15-7-8-16-14(13-15)9-10-24-19(16)17-5-3-4-6-18(17)20(21,22)23/h3-8,13,19,24H,9-12H2,1-2H3. The highest BCUT2D eigenvalue weighted by Gasteiger charge is 2.36. The van der Waals surface area contributed by atoms with E-state index in [4.69, 9.17) is 4.74 Å². The van der Waals surface area contributed by atoms with Crippen LogP contribution in [-0.4, -0.2) is 38.7 Å². The average molecular weight is 364 g/mol. The van der Waals surface area contributed by atoms with E-state index in [1.807, 2.05) is 37.2 Å². The second kappa shape index (κ2) is 7.68. The Morgan fingerprint density at radius 1 is 1.12 bits per heavy atom. The fourth-order valence-electron chi connectivity index (χ4n) is 3.26. The van der Waals surface area contributed by atoms with Crippen LogP contribution in [0.15, 0.2) is 42.5 Å². The van der Waals surface area contributed by atoms with Crippen LogP contribution in [0.2, 0.25) is 0 Å². The fourth-order valence-corrected chi connectivity index (χ4v) is 3.26. The van der Waals surface area contributed by atoms with Gasteiger partial charge >= 0.3 is 6.18 Å². The number of hydrogen-bond donors (Lipinski definition) is 1. The molecule has 2 aromatic rings. The summed E-state index contributed by atoms with van der Waals surface area (Å²) >= 11 is 0. The van der Waals surface area contributed by atoms with Gasteiger partial charge in [-0.1, -0.05) is 24.3 Å². The summed E-state index contributed by atoms with van der Waals surface area (Å²) < 4.78 is 45.9. The minimum atomic E-state index is -4.37. The highest BCUT2D eigenvalue weighted by Crippen LogP contribution is 2.38. The van der Waals surface area contributed by atoms with Crippen LogP contribution in [0.1, 0.15) is 28.3 Å². The molecule has 1 aliphatic heterocycles. The number of halogens is 3. The number of nitrogens with one attached hydrogen (secondary N) is 1. The SMILES string of the molecule is CN(C)CCOc1ccc2c(c1)CCNC2c1ccccc1C(F)(F)F. The monoisotopic (exact) mass is 364 g/mol. The van der Waals surface area contributed by atoms with E-state index in [2.05, 4.69) is 5.32 Å². The van der Waals surface area contributed by atoms with Gasteiger partial charge in [-0.25, -0.2) is 0 Å². The van der Waals surface area contributed by atoms with Crippen molar-refractivity contribution in [3.05, 3.63) is 64.7 Å². The predicted molar refractivity (Wildman–Crippen MR) is 95.5 cm³/mol. The largest absolute Gasteiger partial charge is 0.492 e. The maximum atomic E-state index is 13.4. The van der Waals surface area contributed by atoms with Gasteiger partial charge in [0.15, 0.2) is 0 Å². The fraction of sp³-hybridized carbons (Fsp3) is 0.400. The summed E-state index contributed by atoms with van der Waals surface area (Å²) in [5.74, 6) is 0.760. The van der Waals surface area contributed by atoms with Gasteiger partial charge in [0.25, 0.3) is 0 Å². The van der Waals surface area contributed by atoms with Crippen molar-refractivity contribution >= 4 is 0 Å². The van der Waals surface area contributed by atoms with Gasteiger partial charge in [0.1, 0.15) is 12.4 Å². The van der Waals surface area contributed by atoms with E-state index in [9.17, 15) is 13.2 Å². The van der Waals surface area contributed by atoms with E-state index in [1.165, 1.54) is 6.07 Å². The van der Waals surface area contributed by atoms with E-state index in [1.54, 1.807) is 12.1 Å². The zero-order chi connectivity index (χ0) is 18.7. The molecule has 140 valence electrons. The number of fused-ring (bicyclic) bond motifs is 1. The normalized spacial score (nSPS) is 17.2. The van der Waals surface area contributed by atoms with Crippen LogP contribution in [0.25, 0.3) is 0 Å². The molecule has 0 saturated heterocycles. The number of ether oxygens (including phenoxy) is 1. The summed E-state index contributed by atoms with van der Waals surface area (Å²) in [7, 11) is 3.95. The second-order valence-electron chi connectivity index (χ2n) is 6.73. The topological polar surface area (TPSA) is 24.5 Å². The summed E-state index contributed by atoms with van der Waals surface area (Å²) in [6.45, 7) is 2.01. The third-order valence-electron chi connectivity index (χ3n) is 4.55. The zero-order valence-electron chi connectivity index (χ0n) is 14.9. The molecule has 2 aromatic carbocycles. The van der Waals surface area contributed by atoms with E-state index < -0.39 is 17.8 Å². The molecular formula is C20H23F3N2O. The number of benzene rings is 2. The van der Waals surface area contributed by atoms with Crippen molar-refractivity contribution in [2.75, 3.05) is 33.8 Å². The highest BCUT2D eigenvalue weighted by molar-refractivity contribution is 5.46. The number of hydrogen-bond acceptors (Lipinski definition) is 3. The van der Waals surface area contributed by atoms with Crippen LogP contribution >= 0.6 is 0 Å². The lowest BCUT2D eigenvalue weighted by molar-refractivity contribution is -0.138. The molecule has 0 amide bonds. The molecule has 1 heterocycles. The predicted octanol–water partition coefficient (Wildman–Crippen LogP) is 3.88. The van der Waals surface area contributed by atoms with Gasteiger partial charge in [-0.05, 0) is 55.4 Å². The molecule has 0 saturated carbocycles. The summed E-state index contributed by atoms with van der Waals surface area (Å²) in [6, 6.07) is 11.0. The van der Waals surface area contributed by atoms with Crippen LogP contribution < -0.4 is 10.1 Å². The molecule has 0 spiro atoms. The minimum Gasteiger partial charge on any atom is -0.492 e. The van der Waals surface area contributed by atoms with Crippen molar-refractivity contribution in [1.82, 2.24) is 10.2 Å². The van der Waals surface area contributed by atoms with Crippen molar-refractivity contribution in [2.45, 2.75) is 18.6 Å². The van der Waals surface area contributed by atoms with Gasteiger partial charge < -0.3 is 15.0 Å². The van der Waals surface area contributed by atoms with Crippen LogP contribution in [0.5, 0.6) is 5.75 Å². The Morgan fingerprint density at radius 3 is 2.62 bits per heavy atom. The number of nitrogens with zero attached hydrogens (tertiary/aromatic N) is 1. The lowest BCUT2D eigenvalue weighted by Crippen LogP contribution is -2.32. The van der Waals surface area contributed by atoms with Gasteiger partial charge in [0, 0.05) is 13.1 Å². The quantitative estimate of drug-likeness (QED) is 0.871. The van der Waals surface area contributed by atoms with E-state index >= 15 is 0 Å². The Kier molecular flexibility index (Phi) is 5.53. The summed E-state index contributed by atoms with van der Waals surface area (Å²) in [4.78, 5) is 2.03. The van der Waals surface area contributed by atoms with E-state index in [-0.39, 0.29) is 5.56 Å². The smallest absolute Gasteiger partial charge is 0.416 e. The molecule has 3 nitrogen and oxygen atoms in total. The molecule has 26 heavy (non-hydrogen) atoms. The first-order valence-electron chi connectivity index (χ1n) is 8.66. The van der Waals surface area contributed by atoms with Gasteiger partial charge in [0.05, 0.1) is 11.6 Å². The Labute approximate surface area is 151 Å². The maximum Gasteiger partial charge on any atom is 0.416 e. The molecule has 3 rings (SSSR count). The molecule has 1 atom stereocenters. The molecule has 0 aliphatic carbocycles. The Hall–Kier alpha value is -2.05. The Bertz CT molecular complexity index is 759. The first-order chi connectivity index (χ1) is 12.4. The molecule has 1 N–H and O–H groups in total. The first-order valence-corrected chi connectivity index (χ1v) is 8.66. The highest BCUT2D eigenvalue weighted by atomic mass is 19.4. The van der Waals surface area contributed by atoms with Crippen molar-refractivity contribution in [3.8, 4) is 5.75 Å². The van der Waals surface area contributed by atoms with Crippen molar-refractivity contribution in [1.29, 1.82) is 0 Å². The first kappa shape index (κ1) is 18.7. The molecule has 1 aliphatic rings. The van der Waals surface area contributed by atoms with Crippen molar-refractivity contribution in [2.24, 2.45) is 0 Å². The molecule has 0 fully saturated rings. The van der Waals surface area contributed by atoms with Gasteiger partial charge in [-0.15, -0.1) is 0 Å². The molecule has 0 bridgehead atoms. The Balaban J connectivity index is 1.88. The van der Waals surface area contributed by atoms with Crippen molar-refractivity contribution < 1.29 is 17.9 Å². The van der Waals surface area contributed by atoms with Gasteiger partial charge in [-0.2, -0.15) is 13.2 Å². The summed E-state index contributed by atoms with van der Waals surface area (Å²) in [5, 5.41) is 3.23. The molecular weight excluding hydrogens is 341 g/mol. The lowest BCUT2D eigenvalue weighted by Gasteiger charge is -2.29. The summed E-state index contributed by atoms with van der Waals surface area (Å²) in [6.07, 6.45) is -3.60. The number of rotatable bonds is 5. The zero-order valence-corrected chi connectivity index (χ0v) is 14.9. The third kappa shape index (κ3) is 4.19. The van der Waals surface area contributed by atoms with Crippen LogP contribution in [-0.2, 0) is 12.6 Å². The number of alkyl halides is 3.